The number of nitrogens with zero attached hydrogens (tertiary/aromatic N) is 2. The highest BCUT2D eigenvalue weighted by Crippen LogP contribution is 2.50. The number of carbonyl (C=O) groups is 1. The van der Waals surface area contributed by atoms with E-state index in [0.717, 1.165) is 5.56 Å². The molecule has 1 saturated carbocycles. The highest BCUT2D eigenvalue weighted by atomic mass is 35.5. The Morgan fingerprint density at radius 1 is 1.03 bits per heavy atom. The van der Waals surface area contributed by atoms with Crippen LogP contribution in [0.2, 0.25) is 5.02 Å². The molecule has 1 aliphatic rings. The summed E-state index contributed by atoms with van der Waals surface area (Å²) in [7, 11) is 0. The first-order valence-electron chi connectivity index (χ1n) is 12.8. The van der Waals surface area contributed by atoms with Gasteiger partial charge in [0.05, 0.1) is 5.02 Å². The van der Waals surface area contributed by atoms with Crippen LogP contribution in [0, 0.1) is 5.41 Å². The molecule has 0 amide bonds. The van der Waals surface area contributed by atoms with Gasteiger partial charge in [-0.1, -0.05) is 75.9 Å². The molecule has 3 aromatic rings. The average molecular weight is 546 g/mol. The largest absolute Gasteiger partial charge is 0.401 e. The maximum absolute atomic E-state index is 13.9. The van der Waals surface area contributed by atoms with E-state index in [0.29, 0.717) is 41.0 Å². The topological polar surface area (TPSA) is 75.7 Å². The number of hydrogen-bond donors (Lipinski definition) is 1. The third-order valence-electron chi connectivity index (χ3n) is 7.35. The molecule has 4 rings (SSSR count). The maximum Gasteiger partial charge on any atom is 0.401 e. The van der Waals surface area contributed by atoms with Gasteiger partial charge in [-0.25, -0.2) is 9.78 Å². The van der Waals surface area contributed by atoms with E-state index >= 15 is 0 Å². The predicted molar refractivity (Wildman–Crippen MR) is 142 cm³/mol. The smallest absolute Gasteiger partial charge is 0.299 e. The fraction of sp³-hybridized carbons (Fsp3) is 0.448. The summed E-state index contributed by atoms with van der Waals surface area (Å²) in [5.41, 5.74) is -0.208. The van der Waals surface area contributed by atoms with Crippen molar-refractivity contribution >= 4 is 17.4 Å². The van der Waals surface area contributed by atoms with Gasteiger partial charge in [-0.05, 0) is 54.0 Å². The second-order valence-electron chi connectivity index (χ2n) is 11.0. The number of aryl methyl sites for hydroxylation is 1. The number of ketones is 1. The van der Waals surface area contributed by atoms with Crippen LogP contribution < -0.4 is 5.69 Å². The van der Waals surface area contributed by atoms with Crippen LogP contribution in [0.15, 0.2) is 47.3 Å². The highest BCUT2D eigenvalue weighted by molar-refractivity contribution is 6.33. The molecule has 9 heteroatoms. The minimum atomic E-state index is -4.56. The van der Waals surface area contributed by atoms with Crippen LogP contribution in [0.5, 0.6) is 0 Å². The number of H-pyrrole nitrogens is 1. The minimum absolute atomic E-state index is 0.114. The van der Waals surface area contributed by atoms with Crippen molar-refractivity contribution in [3.05, 3.63) is 69.1 Å². The standard InChI is InChI=1S/C29H31ClF3N3O2/c1-27(2,3)20-9-7-8-19(17-20)24-34-25(36-26(38)35-24)21-16-18(10-12-22(21)30)11-13-23(37)28(29(31,32)33)14-5-4-6-15-28/h7-10,12,16-17H,4-6,11,13-15H2,1-3H3,(H,34,35,36,38). The summed E-state index contributed by atoms with van der Waals surface area (Å²) in [5.74, 6) is -0.341. The quantitative estimate of drug-likeness (QED) is 0.349. The van der Waals surface area contributed by atoms with E-state index in [1.807, 2.05) is 24.3 Å². The first kappa shape index (κ1) is 28.0. The first-order valence-corrected chi connectivity index (χ1v) is 13.2. The highest BCUT2D eigenvalue weighted by Gasteiger charge is 2.58. The zero-order chi connectivity index (χ0) is 27.7. The van der Waals surface area contributed by atoms with Crippen LogP contribution >= 0.6 is 11.6 Å². The molecule has 0 aliphatic heterocycles. The number of nitrogens with one attached hydrogen (secondary N) is 1. The predicted octanol–water partition coefficient (Wildman–Crippen LogP) is 7.46. The molecule has 2 aromatic carbocycles. The summed E-state index contributed by atoms with van der Waals surface area (Å²) < 4.78 is 41.8. The Labute approximate surface area is 224 Å². The van der Waals surface area contributed by atoms with E-state index in [2.05, 4.69) is 35.7 Å². The number of aromatic nitrogens is 3. The molecule has 1 aromatic heterocycles. The summed E-state index contributed by atoms with van der Waals surface area (Å²) in [6.07, 6.45) is -3.45. The Bertz CT molecular complexity index is 1390. The molecule has 0 unspecified atom stereocenters. The van der Waals surface area contributed by atoms with E-state index < -0.39 is 23.1 Å². The van der Waals surface area contributed by atoms with Gasteiger partial charge in [0.15, 0.2) is 5.82 Å². The lowest BCUT2D eigenvalue weighted by molar-refractivity contribution is -0.228. The fourth-order valence-electron chi connectivity index (χ4n) is 5.05. The van der Waals surface area contributed by atoms with Crippen LogP contribution in [0.25, 0.3) is 22.8 Å². The van der Waals surface area contributed by atoms with Gasteiger partial charge in [-0.3, -0.25) is 9.78 Å². The Kier molecular flexibility index (Phi) is 7.84. The van der Waals surface area contributed by atoms with Gasteiger partial charge in [0, 0.05) is 17.5 Å². The number of benzene rings is 2. The number of rotatable bonds is 6. The molecule has 0 saturated heterocycles. The summed E-state index contributed by atoms with van der Waals surface area (Å²) in [6, 6.07) is 12.6. The van der Waals surface area contributed by atoms with Crippen molar-refractivity contribution in [2.45, 2.75) is 77.3 Å². The zero-order valence-corrected chi connectivity index (χ0v) is 22.5. The lowest BCUT2D eigenvalue weighted by Crippen LogP contribution is -2.46. The van der Waals surface area contributed by atoms with Gasteiger partial charge in [0.1, 0.15) is 17.0 Å². The molecule has 1 fully saturated rings. The number of aromatic amines is 1. The van der Waals surface area contributed by atoms with Crippen LogP contribution in [-0.2, 0) is 16.6 Å². The molecular formula is C29H31ClF3N3O2. The van der Waals surface area contributed by atoms with E-state index in [1.54, 1.807) is 18.2 Å². The minimum Gasteiger partial charge on any atom is -0.299 e. The van der Waals surface area contributed by atoms with Crippen LogP contribution in [0.1, 0.15) is 70.4 Å². The van der Waals surface area contributed by atoms with Gasteiger partial charge in [-0.15, -0.1) is 0 Å². The van der Waals surface area contributed by atoms with Gasteiger partial charge in [0.2, 0.25) is 0 Å². The second kappa shape index (κ2) is 10.6. The summed E-state index contributed by atoms with van der Waals surface area (Å²) in [4.78, 5) is 36.5. The van der Waals surface area contributed by atoms with E-state index in [4.69, 9.17) is 11.6 Å². The Morgan fingerprint density at radius 3 is 2.39 bits per heavy atom. The van der Waals surface area contributed by atoms with Gasteiger partial charge in [0.25, 0.3) is 0 Å². The molecule has 1 aliphatic carbocycles. The van der Waals surface area contributed by atoms with Crippen molar-refractivity contribution in [2.24, 2.45) is 5.41 Å². The van der Waals surface area contributed by atoms with Crippen LogP contribution in [0.4, 0.5) is 13.2 Å². The summed E-state index contributed by atoms with van der Waals surface area (Å²) in [6.45, 7) is 6.24. The van der Waals surface area contributed by atoms with E-state index in [-0.39, 0.29) is 42.7 Å². The van der Waals surface area contributed by atoms with Crippen LogP contribution in [0.3, 0.4) is 0 Å². The Hall–Kier alpha value is -3.00. The molecule has 38 heavy (non-hydrogen) atoms. The molecule has 1 N–H and O–H groups in total. The SMILES string of the molecule is CC(C)(C)c1cccc(-c2nc(-c3cc(CCC(=O)C4(C(F)(F)F)CCCCC4)ccc3Cl)[nH]c(=O)n2)c1. The van der Waals surface area contributed by atoms with Crippen molar-refractivity contribution in [3.8, 4) is 22.8 Å². The van der Waals surface area contributed by atoms with Gasteiger partial charge >= 0.3 is 11.9 Å². The summed E-state index contributed by atoms with van der Waals surface area (Å²) >= 11 is 6.43. The zero-order valence-electron chi connectivity index (χ0n) is 21.7. The molecule has 1 heterocycles. The third kappa shape index (κ3) is 5.85. The molecular weight excluding hydrogens is 515 g/mol. The first-order chi connectivity index (χ1) is 17.8. The van der Waals surface area contributed by atoms with Crippen LogP contribution in [-0.4, -0.2) is 26.9 Å². The van der Waals surface area contributed by atoms with Crippen molar-refractivity contribution in [1.82, 2.24) is 15.0 Å². The van der Waals surface area contributed by atoms with E-state index in [9.17, 15) is 22.8 Å². The van der Waals surface area contributed by atoms with Crippen molar-refractivity contribution < 1.29 is 18.0 Å². The molecule has 0 radical (unpaired) electrons. The molecule has 0 bridgehead atoms. The summed E-state index contributed by atoms with van der Waals surface area (Å²) in [5, 5.41) is 0.308. The Balaban J connectivity index is 1.62. The van der Waals surface area contributed by atoms with E-state index in [1.165, 1.54) is 0 Å². The van der Waals surface area contributed by atoms with Crippen molar-refractivity contribution in [2.75, 3.05) is 0 Å². The van der Waals surface area contributed by atoms with Crippen molar-refractivity contribution in [1.29, 1.82) is 0 Å². The molecule has 202 valence electrons. The number of carbonyl (C=O) groups excluding carboxylic acids is 1. The lowest BCUT2D eigenvalue weighted by Gasteiger charge is -2.37. The number of alkyl halides is 3. The van der Waals surface area contributed by atoms with Crippen molar-refractivity contribution in [3.63, 3.8) is 0 Å². The lowest BCUT2D eigenvalue weighted by atomic mass is 9.69. The Morgan fingerprint density at radius 2 is 1.74 bits per heavy atom. The molecule has 0 spiro atoms. The normalized spacial score (nSPS) is 15.9. The monoisotopic (exact) mass is 545 g/mol. The number of hydrogen-bond acceptors (Lipinski definition) is 4. The maximum atomic E-state index is 13.9. The number of halogens is 4. The molecule has 0 atom stereocenters. The average Bonchev–Trinajstić information content (AvgIpc) is 2.87. The third-order valence-corrected chi connectivity index (χ3v) is 7.68. The number of Topliss-reactive ketones (excluding diaryl/α,β-unsaturated/α-hetero) is 1. The fourth-order valence-corrected chi connectivity index (χ4v) is 5.26. The second-order valence-corrected chi connectivity index (χ2v) is 11.4. The molecule has 5 nitrogen and oxygen atoms in total. The van der Waals surface area contributed by atoms with Gasteiger partial charge in [-0.2, -0.15) is 18.2 Å². The van der Waals surface area contributed by atoms with Gasteiger partial charge < -0.3 is 0 Å².